The van der Waals surface area contributed by atoms with Gasteiger partial charge in [0.25, 0.3) is 0 Å². The first kappa shape index (κ1) is 15.2. The maximum atomic E-state index is 12.4. The molecule has 4 rings (SSSR count). The molecule has 1 atom stereocenters. The number of aryl methyl sites for hydroxylation is 1. The highest BCUT2D eigenvalue weighted by Crippen LogP contribution is 2.42. The summed E-state index contributed by atoms with van der Waals surface area (Å²) in [6.07, 6.45) is 2.37. The Morgan fingerprint density at radius 1 is 1.38 bits per heavy atom. The molecule has 1 N–H and O–H groups in total. The van der Waals surface area contributed by atoms with E-state index in [1.165, 1.54) is 4.88 Å². The van der Waals surface area contributed by atoms with E-state index in [1.807, 2.05) is 18.2 Å². The Kier molecular flexibility index (Phi) is 3.76. The Morgan fingerprint density at radius 3 is 3.04 bits per heavy atom. The third kappa shape index (κ3) is 2.38. The number of ether oxygens (including phenoxy) is 2. The molecule has 1 aromatic carbocycles. The molecule has 2 aliphatic rings. The van der Waals surface area contributed by atoms with Crippen LogP contribution >= 0.6 is 11.3 Å². The molecule has 0 saturated heterocycles. The molecule has 0 amide bonds. The van der Waals surface area contributed by atoms with E-state index in [4.69, 9.17) is 9.47 Å². The molecule has 2 aromatic rings. The molecule has 124 valence electrons. The fourth-order valence-electron chi connectivity index (χ4n) is 3.30. The lowest BCUT2D eigenvalue weighted by Gasteiger charge is -2.14. The van der Waals surface area contributed by atoms with Crippen molar-refractivity contribution in [2.75, 3.05) is 11.9 Å². The molecular weight excluding hydrogens is 326 g/mol. The quantitative estimate of drug-likeness (QED) is 0.858. The van der Waals surface area contributed by atoms with Gasteiger partial charge in [-0.25, -0.2) is 9.59 Å². The van der Waals surface area contributed by atoms with Gasteiger partial charge in [-0.2, -0.15) is 0 Å². The Labute approximate surface area is 143 Å². The lowest BCUT2D eigenvalue weighted by Crippen LogP contribution is -2.14. The van der Waals surface area contributed by atoms with Crippen molar-refractivity contribution < 1.29 is 19.1 Å². The number of carbonyl (C=O) groups excluding carboxylic acids is 2. The van der Waals surface area contributed by atoms with Crippen molar-refractivity contribution in [2.24, 2.45) is 0 Å². The van der Waals surface area contributed by atoms with Gasteiger partial charge in [0.05, 0.1) is 17.7 Å². The predicted octanol–water partition coefficient (Wildman–Crippen LogP) is 3.69. The molecule has 0 saturated carbocycles. The average molecular weight is 343 g/mol. The van der Waals surface area contributed by atoms with E-state index in [2.05, 4.69) is 5.32 Å². The Morgan fingerprint density at radius 2 is 2.21 bits per heavy atom. The van der Waals surface area contributed by atoms with Crippen molar-refractivity contribution in [2.45, 2.75) is 32.4 Å². The third-order valence-corrected chi connectivity index (χ3v) is 5.57. The topological polar surface area (TPSA) is 64.6 Å². The van der Waals surface area contributed by atoms with Crippen molar-refractivity contribution in [1.82, 2.24) is 0 Å². The third-order valence-electron chi connectivity index (χ3n) is 4.35. The first-order chi connectivity index (χ1) is 11.7. The summed E-state index contributed by atoms with van der Waals surface area (Å²) in [5.74, 6) is -0.651. The molecule has 0 radical (unpaired) electrons. The van der Waals surface area contributed by atoms with Crippen LogP contribution in [0, 0.1) is 0 Å². The van der Waals surface area contributed by atoms with E-state index < -0.39 is 6.23 Å². The zero-order valence-electron chi connectivity index (χ0n) is 13.3. The fraction of sp³-hybridized carbons (Fsp3) is 0.333. The second-order valence-corrected chi connectivity index (χ2v) is 6.90. The van der Waals surface area contributed by atoms with Crippen LogP contribution < -0.4 is 5.32 Å². The van der Waals surface area contributed by atoms with Gasteiger partial charge in [0.1, 0.15) is 5.00 Å². The summed E-state index contributed by atoms with van der Waals surface area (Å²) in [7, 11) is 0. The van der Waals surface area contributed by atoms with E-state index in [-0.39, 0.29) is 11.9 Å². The van der Waals surface area contributed by atoms with Crippen molar-refractivity contribution in [3.8, 4) is 0 Å². The number of esters is 2. The standard InChI is InChI=1S/C18H17NO4S/c1-2-22-18(21)14-12-8-5-9-13(12)24-16(14)19-15-10-6-3-4-7-11(10)17(20)23-15/h3-4,6-7,15,19H,2,5,8-9H2,1H3/t15-/m1/s1. The first-order valence-corrected chi connectivity index (χ1v) is 8.88. The summed E-state index contributed by atoms with van der Waals surface area (Å²) in [4.78, 5) is 25.6. The molecule has 1 aliphatic heterocycles. The number of carbonyl (C=O) groups is 2. The van der Waals surface area contributed by atoms with Gasteiger partial charge in [0.2, 0.25) is 6.23 Å². The number of rotatable bonds is 4. The molecule has 6 heteroatoms. The number of thiophene rings is 1. The number of fused-ring (bicyclic) bond motifs is 2. The minimum Gasteiger partial charge on any atom is -0.462 e. The molecule has 1 aromatic heterocycles. The summed E-state index contributed by atoms with van der Waals surface area (Å²) in [6.45, 7) is 2.14. The number of hydrogen-bond donors (Lipinski definition) is 1. The van der Waals surface area contributed by atoms with Crippen LogP contribution in [0.2, 0.25) is 0 Å². The van der Waals surface area contributed by atoms with Gasteiger partial charge in [0, 0.05) is 10.4 Å². The SMILES string of the molecule is CCOC(=O)c1c(N[C@@H]2OC(=O)c3ccccc32)sc2c1CCC2. The minimum absolute atomic E-state index is 0.308. The van der Waals surface area contributed by atoms with Gasteiger partial charge >= 0.3 is 11.9 Å². The predicted molar refractivity (Wildman–Crippen MR) is 90.5 cm³/mol. The zero-order chi connectivity index (χ0) is 16.7. The van der Waals surface area contributed by atoms with Crippen molar-refractivity contribution in [1.29, 1.82) is 0 Å². The van der Waals surface area contributed by atoms with Gasteiger partial charge in [-0.1, -0.05) is 18.2 Å². The van der Waals surface area contributed by atoms with Crippen LogP contribution in [0.3, 0.4) is 0 Å². The lowest BCUT2D eigenvalue weighted by atomic mass is 10.1. The first-order valence-electron chi connectivity index (χ1n) is 8.07. The van der Waals surface area contributed by atoms with E-state index in [0.29, 0.717) is 17.7 Å². The van der Waals surface area contributed by atoms with Gasteiger partial charge in [-0.3, -0.25) is 0 Å². The molecule has 2 heterocycles. The summed E-state index contributed by atoms with van der Waals surface area (Å²) < 4.78 is 10.7. The van der Waals surface area contributed by atoms with Crippen LogP contribution in [-0.2, 0) is 22.3 Å². The molecular formula is C18H17NO4S. The summed E-state index contributed by atoms with van der Waals surface area (Å²) in [6, 6.07) is 7.30. The molecule has 0 spiro atoms. The van der Waals surface area contributed by atoms with Gasteiger partial charge < -0.3 is 14.8 Å². The minimum atomic E-state index is -0.569. The van der Waals surface area contributed by atoms with Crippen LogP contribution in [0.25, 0.3) is 0 Å². The van der Waals surface area contributed by atoms with Crippen molar-refractivity contribution >= 4 is 28.3 Å². The van der Waals surface area contributed by atoms with E-state index in [9.17, 15) is 9.59 Å². The van der Waals surface area contributed by atoms with E-state index in [0.717, 1.165) is 35.4 Å². The van der Waals surface area contributed by atoms with Gasteiger partial charge in [-0.05, 0) is 37.8 Å². The Balaban J connectivity index is 1.69. The van der Waals surface area contributed by atoms with Crippen molar-refractivity contribution in [3.63, 3.8) is 0 Å². The second kappa shape index (κ2) is 5.94. The highest BCUT2D eigenvalue weighted by atomic mass is 32.1. The monoisotopic (exact) mass is 343 g/mol. The van der Waals surface area contributed by atoms with Crippen LogP contribution in [-0.4, -0.2) is 18.5 Å². The molecule has 24 heavy (non-hydrogen) atoms. The molecule has 0 bridgehead atoms. The maximum Gasteiger partial charge on any atom is 0.341 e. The molecule has 0 unspecified atom stereocenters. The molecule has 5 nitrogen and oxygen atoms in total. The summed E-state index contributed by atoms with van der Waals surface area (Å²) in [5.41, 5.74) is 3.05. The molecule has 0 fully saturated rings. The average Bonchev–Trinajstić information content (AvgIpc) is 3.22. The number of benzene rings is 1. The van der Waals surface area contributed by atoms with E-state index in [1.54, 1.807) is 24.3 Å². The number of cyclic esters (lactones) is 1. The summed E-state index contributed by atoms with van der Waals surface area (Å²) in [5, 5.41) is 3.97. The van der Waals surface area contributed by atoms with Crippen LogP contribution in [0.1, 0.15) is 56.3 Å². The highest BCUT2D eigenvalue weighted by Gasteiger charge is 2.34. The Bertz CT molecular complexity index is 826. The number of nitrogens with one attached hydrogen (secondary N) is 1. The second-order valence-electron chi connectivity index (χ2n) is 5.80. The zero-order valence-corrected chi connectivity index (χ0v) is 14.1. The number of anilines is 1. The fourth-order valence-corrected chi connectivity index (χ4v) is 4.59. The number of hydrogen-bond acceptors (Lipinski definition) is 6. The van der Waals surface area contributed by atoms with Crippen LogP contribution in [0.4, 0.5) is 5.00 Å². The van der Waals surface area contributed by atoms with Gasteiger partial charge in [-0.15, -0.1) is 11.3 Å². The largest absolute Gasteiger partial charge is 0.462 e. The molecule has 1 aliphatic carbocycles. The van der Waals surface area contributed by atoms with Gasteiger partial charge in [0.15, 0.2) is 0 Å². The maximum absolute atomic E-state index is 12.4. The highest BCUT2D eigenvalue weighted by molar-refractivity contribution is 7.16. The lowest BCUT2D eigenvalue weighted by molar-refractivity contribution is 0.0437. The van der Waals surface area contributed by atoms with Crippen LogP contribution in [0.15, 0.2) is 24.3 Å². The van der Waals surface area contributed by atoms with Crippen molar-refractivity contribution in [3.05, 3.63) is 51.4 Å². The normalized spacial score (nSPS) is 18.0. The van der Waals surface area contributed by atoms with E-state index >= 15 is 0 Å². The Hall–Kier alpha value is -2.34. The summed E-state index contributed by atoms with van der Waals surface area (Å²) >= 11 is 1.56. The van der Waals surface area contributed by atoms with Crippen LogP contribution in [0.5, 0.6) is 0 Å². The smallest absolute Gasteiger partial charge is 0.341 e.